The van der Waals surface area contributed by atoms with E-state index in [0.717, 1.165) is 26.2 Å². The predicted molar refractivity (Wildman–Crippen MR) is 78.8 cm³/mol. The van der Waals surface area contributed by atoms with Gasteiger partial charge in [0.2, 0.25) is 0 Å². The van der Waals surface area contributed by atoms with Crippen LogP contribution in [0.2, 0.25) is 0 Å². The van der Waals surface area contributed by atoms with Crippen molar-refractivity contribution in [2.24, 2.45) is 0 Å². The van der Waals surface area contributed by atoms with Gasteiger partial charge in [0, 0.05) is 51.3 Å². The third kappa shape index (κ3) is 4.00. The molecule has 1 aliphatic heterocycles. The number of methoxy groups -OCH3 is 2. The largest absolute Gasteiger partial charge is 0.377 e. The average Bonchev–Trinajstić information content (AvgIpc) is 3.07. The van der Waals surface area contributed by atoms with Gasteiger partial charge < -0.3 is 14.8 Å². The van der Waals surface area contributed by atoms with Crippen molar-refractivity contribution < 1.29 is 9.47 Å². The monoisotopic (exact) mass is 284 g/mol. The van der Waals surface area contributed by atoms with Crippen LogP contribution in [0.1, 0.15) is 17.8 Å². The molecule has 108 valence electrons. The SMILES string of the molecule is COC1CN(CCNC(C)c2cccs2)CC1OC. The molecule has 0 aromatic carbocycles. The summed E-state index contributed by atoms with van der Waals surface area (Å²) in [4.78, 5) is 3.79. The fraction of sp³-hybridized carbons (Fsp3) is 0.714. The quantitative estimate of drug-likeness (QED) is 0.827. The second kappa shape index (κ2) is 7.36. The Morgan fingerprint density at radius 1 is 1.37 bits per heavy atom. The summed E-state index contributed by atoms with van der Waals surface area (Å²) in [6.45, 7) is 6.17. The van der Waals surface area contributed by atoms with Gasteiger partial charge in [0.25, 0.3) is 0 Å². The van der Waals surface area contributed by atoms with Crippen LogP contribution in [-0.2, 0) is 9.47 Å². The maximum atomic E-state index is 5.45. The lowest BCUT2D eigenvalue weighted by Crippen LogP contribution is -2.32. The first kappa shape index (κ1) is 14.9. The standard InChI is InChI=1S/C14H24N2O2S/c1-11(14-5-4-8-19-14)15-6-7-16-9-12(17-2)13(10-16)18-3/h4-5,8,11-13,15H,6-7,9-10H2,1-3H3. The number of hydrogen-bond acceptors (Lipinski definition) is 5. The predicted octanol–water partition coefficient (Wildman–Crippen LogP) is 1.74. The second-order valence-corrected chi connectivity index (χ2v) is 5.98. The Labute approximate surface area is 119 Å². The van der Waals surface area contributed by atoms with Crippen LogP contribution in [0.3, 0.4) is 0 Å². The minimum Gasteiger partial charge on any atom is -0.377 e. The van der Waals surface area contributed by atoms with Crippen LogP contribution in [0.15, 0.2) is 17.5 Å². The number of likely N-dealkylation sites (tertiary alicyclic amines) is 1. The van der Waals surface area contributed by atoms with Crippen molar-refractivity contribution in [3.63, 3.8) is 0 Å². The zero-order valence-corrected chi connectivity index (χ0v) is 12.8. The van der Waals surface area contributed by atoms with Gasteiger partial charge in [0.05, 0.1) is 12.2 Å². The van der Waals surface area contributed by atoms with Crippen LogP contribution < -0.4 is 5.32 Å². The summed E-state index contributed by atoms with van der Waals surface area (Å²) < 4.78 is 10.9. The molecule has 19 heavy (non-hydrogen) atoms. The van der Waals surface area contributed by atoms with Crippen molar-refractivity contribution in [2.75, 3.05) is 40.4 Å². The summed E-state index contributed by atoms with van der Waals surface area (Å²) in [5, 5.41) is 5.69. The Bertz CT molecular complexity index is 346. The maximum Gasteiger partial charge on any atom is 0.0971 e. The van der Waals surface area contributed by atoms with Gasteiger partial charge in [-0.05, 0) is 18.4 Å². The molecule has 1 aromatic rings. The van der Waals surface area contributed by atoms with E-state index in [1.807, 2.05) is 0 Å². The molecule has 4 nitrogen and oxygen atoms in total. The molecule has 1 N–H and O–H groups in total. The van der Waals surface area contributed by atoms with E-state index in [0.29, 0.717) is 6.04 Å². The molecule has 0 saturated carbocycles. The number of thiophene rings is 1. The first-order chi connectivity index (χ1) is 9.24. The highest BCUT2D eigenvalue weighted by Gasteiger charge is 2.32. The third-order valence-corrected chi connectivity index (χ3v) is 4.80. The molecule has 1 saturated heterocycles. The van der Waals surface area contributed by atoms with E-state index in [2.05, 4.69) is 34.7 Å². The minimum absolute atomic E-state index is 0.208. The molecule has 2 heterocycles. The maximum absolute atomic E-state index is 5.45. The Hall–Kier alpha value is -0.460. The van der Waals surface area contributed by atoms with Gasteiger partial charge in [-0.15, -0.1) is 11.3 Å². The van der Waals surface area contributed by atoms with Crippen molar-refractivity contribution in [1.82, 2.24) is 10.2 Å². The topological polar surface area (TPSA) is 33.7 Å². The smallest absolute Gasteiger partial charge is 0.0971 e. The molecule has 0 bridgehead atoms. The molecule has 5 heteroatoms. The molecule has 1 aromatic heterocycles. The van der Waals surface area contributed by atoms with Crippen LogP contribution >= 0.6 is 11.3 Å². The van der Waals surface area contributed by atoms with Crippen molar-refractivity contribution in [1.29, 1.82) is 0 Å². The molecule has 3 unspecified atom stereocenters. The van der Waals surface area contributed by atoms with Crippen molar-refractivity contribution in [2.45, 2.75) is 25.2 Å². The number of hydrogen-bond donors (Lipinski definition) is 1. The zero-order chi connectivity index (χ0) is 13.7. The zero-order valence-electron chi connectivity index (χ0n) is 12.0. The molecule has 0 radical (unpaired) electrons. The molecular weight excluding hydrogens is 260 g/mol. The van der Waals surface area contributed by atoms with E-state index >= 15 is 0 Å². The number of nitrogens with zero attached hydrogens (tertiary/aromatic N) is 1. The molecule has 1 aliphatic rings. The van der Waals surface area contributed by atoms with Crippen molar-refractivity contribution in [3.05, 3.63) is 22.4 Å². The van der Waals surface area contributed by atoms with E-state index in [4.69, 9.17) is 9.47 Å². The first-order valence-electron chi connectivity index (χ1n) is 6.79. The third-order valence-electron chi connectivity index (χ3n) is 3.74. The number of ether oxygens (including phenoxy) is 2. The fourth-order valence-corrected chi connectivity index (χ4v) is 3.29. The highest BCUT2D eigenvalue weighted by molar-refractivity contribution is 7.10. The Morgan fingerprint density at radius 2 is 2.05 bits per heavy atom. The first-order valence-corrected chi connectivity index (χ1v) is 7.67. The second-order valence-electron chi connectivity index (χ2n) is 5.00. The Kier molecular flexibility index (Phi) is 5.78. The molecule has 3 atom stereocenters. The van der Waals surface area contributed by atoms with Crippen LogP contribution in [0, 0.1) is 0 Å². The highest BCUT2D eigenvalue weighted by atomic mass is 32.1. The molecular formula is C14H24N2O2S. The summed E-state index contributed by atoms with van der Waals surface area (Å²) >= 11 is 1.81. The van der Waals surface area contributed by atoms with Crippen LogP contribution in [0.25, 0.3) is 0 Å². The molecule has 2 rings (SSSR count). The van der Waals surface area contributed by atoms with Gasteiger partial charge in [-0.1, -0.05) is 6.07 Å². The molecule has 1 fully saturated rings. The van der Waals surface area contributed by atoms with Crippen LogP contribution in [0.4, 0.5) is 0 Å². The Morgan fingerprint density at radius 3 is 2.58 bits per heavy atom. The van der Waals surface area contributed by atoms with Crippen LogP contribution in [0.5, 0.6) is 0 Å². The normalized spacial score (nSPS) is 25.8. The minimum atomic E-state index is 0.208. The summed E-state index contributed by atoms with van der Waals surface area (Å²) in [7, 11) is 3.52. The van der Waals surface area contributed by atoms with Crippen molar-refractivity contribution >= 4 is 11.3 Å². The fourth-order valence-electron chi connectivity index (χ4n) is 2.53. The Balaban J connectivity index is 1.69. The van der Waals surface area contributed by atoms with E-state index in [9.17, 15) is 0 Å². The van der Waals surface area contributed by atoms with Gasteiger partial charge in [-0.25, -0.2) is 0 Å². The van der Waals surface area contributed by atoms with E-state index in [1.165, 1.54) is 4.88 Å². The van der Waals surface area contributed by atoms with E-state index in [-0.39, 0.29) is 12.2 Å². The van der Waals surface area contributed by atoms with Gasteiger partial charge in [0.15, 0.2) is 0 Å². The molecule has 0 spiro atoms. The summed E-state index contributed by atoms with van der Waals surface area (Å²) in [6, 6.07) is 4.71. The lowest BCUT2D eigenvalue weighted by atomic mass is 10.3. The van der Waals surface area contributed by atoms with Gasteiger partial charge >= 0.3 is 0 Å². The molecule has 0 aliphatic carbocycles. The average molecular weight is 284 g/mol. The van der Waals surface area contributed by atoms with E-state index in [1.54, 1.807) is 25.6 Å². The van der Waals surface area contributed by atoms with Gasteiger partial charge in [-0.3, -0.25) is 4.90 Å². The summed E-state index contributed by atoms with van der Waals surface area (Å²) in [5.41, 5.74) is 0. The number of rotatable bonds is 7. The van der Waals surface area contributed by atoms with Gasteiger partial charge in [-0.2, -0.15) is 0 Å². The lowest BCUT2D eigenvalue weighted by Gasteiger charge is -2.18. The number of nitrogens with one attached hydrogen (secondary N) is 1. The highest BCUT2D eigenvalue weighted by Crippen LogP contribution is 2.18. The molecule has 0 amide bonds. The van der Waals surface area contributed by atoms with Crippen LogP contribution in [-0.4, -0.2) is 57.5 Å². The van der Waals surface area contributed by atoms with E-state index < -0.39 is 0 Å². The lowest BCUT2D eigenvalue weighted by molar-refractivity contribution is -0.00461. The van der Waals surface area contributed by atoms with Crippen molar-refractivity contribution in [3.8, 4) is 0 Å². The summed E-state index contributed by atoms with van der Waals surface area (Å²) in [6.07, 6.45) is 0.416. The summed E-state index contributed by atoms with van der Waals surface area (Å²) in [5.74, 6) is 0. The van der Waals surface area contributed by atoms with Gasteiger partial charge in [0.1, 0.15) is 0 Å².